The van der Waals surface area contributed by atoms with Crippen molar-refractivity contribution in [2.24, 2.45) is 4.99 Å². The van der Waals surface area contributed by atoms with Crippen LogP contribution in [0.4, 0.5) is 9.59 Å². The summed E-state index contributed by atoms with van der Waals surface area (Å²) in [6.07, 6.45) is 14.6. The van der Waals surface area contributed by atoms with Crippen molar-refractivity contribution in [2.75, 3.05) is 39.4 Å². The van der Waals surface area contributed by atoms with Gasteiger partial charge in [0.15, 0.2) is 0 Å². The van der Waals surface area contributed by atoms with Crippen molar-refractivity contribution in [1.29, 1.82) is 10.5 Å². The average Bonchev–Trinajstić information content (AvgIpc) is 2.84. The second-order valence-electron chi connectivity index (χ2n) is 7.71. The Morgan fingerprint density at radius 2 is 1.18 bits per heavy atom. The molecule has 0 aliphatic heterocycles. The van der Waals surface area contributed by atoms with Gasteiger partial charge in [0.2, 0.25) is 6.08 Å². The molecular formula is C23H38N6O5. The molecular weight excluding hydrogens is 440 g/mol. The maximum Gasteiger partial charge on any atom is 0.325 e. The predicted molar refractivity (Wildman–Crippen MR) is 125 cm³/mol. The molecule has 0 rings (SSSR count). The van der Waals surface area contributed by atoms with Crippen LogP contribution in [0, 0.1) is 23.0 Å². The Morgan fingerprint density at radius 1 is 0.706 bits per heavy atom. The minimum Gasteiger partial charge on any atom is -0.428 e. The lowest BCUT2D eigenvalue weighted by molar-refractivity contribution is 0.184. The lowest BCUT2D eigenvalue weighted by Gasteiger charge is -2.22. The van der Waals surface area contributed by atoms with Gasteiger partial charge in [0, 0.05) is 19.6 Å². The summed E-state index contributed by atoms with van der Waals surface area (Å²) in [7, 11) is 0. The summed E-state index contributed by atoms with van der Waals surface area (Å²) in [5.41, 5.74) is 0. The Morgan fingerprint density at radius 3 is 1.68 bits per heavy atom. The zero-order chi connectivity index (χ0) is 25.1. The Labute approximate surface area is 202 Å². The smallest absolute Gasteiger partial charge is 0.325 e. The minimum absolute atomic E-state index is 0.311. The summed E-state index contributed by atoms with van der Waals surface area (Å²) in [6, 6.07) is -0.825. The Balaban J connectivity index is 4.31. The molecule has 0 heterocycles. The monoisotopic (exact) mass is 478 g/mol. The SMILES string of the molecule is N#COCCCCCCNC(=O)N(CCCCCCN=C=O)C(=O)NCCCCCCOC#N. The lowest BCUT2D eigenvalue weighted by atomic mass is 10.2. The van der Waals surface area contributed by atoms with E-state index in [1.807, 2.05) is 0 Å². The second-order valence-corrected chi connectivity index (χ2v) is 7.71. The van der Waals surface area contributed by atoms with Gasteiger partial charge in [-0.15, -0.1) is 0 Å². The highest BCUT2D eigenvalue weighted by molar-refractivity contribution is 5.93. The molecule has 0 bridgehead atoms. The van der Waals surface area contributed by atoms with Crippen molar-refractivity contribution in [3.63, 3.8) is 0 Å². The van der Waals surface area contributed by atoms with Gasteiger partial charge in [-0.05, 0) is 51.4 Å². The van der Waals surface area contributed by atoms with Crippen LogP contribution in [-0.4, -0.2) is 62.4 Å². The van der Waals surface area contributed by atoms with E-state index in [0.29, 0.717) is 45.8 Å². The van der Waals surface area contributed by atoms with Crippen LogP contribution in [0.5, 0.6) is 0 Å². The number of aliphatic imine (C=N–C) groups is 1. The van der Waals surface area contributed by atoms with E-state index >= 15 is 0 Å². The van der Waals surface area contributed by atoms with E-state index in [0.717, 1.165) is 70.6 Å². The number of nitriles is 2. The normalized spacial score (nSPS) is 9.71. The summed E-state index contributed by atoms with van der Waals surface area (Å²) in [4.78, 5) is 40.0. The molecule has 0 aliphatic rings. The zero-order valence-electron chi connectivity index (χ0n) is 20.1. The number of carbonyl (C=O) groups excluding carboxylic acids is 3. The zero-order valence-corrected chi connectivity index (χ0v) is 20.1. The molecule has 11 nitrogen and oxygen atoms in total. The molecule has 0 saturated carbocycles. The third kappa shape index (κ3) is 19.4. The number of isocyanates is 1. The first kappa shape index (κ1) is 30.7. The maximum atomic E-state index is 12.6. The van der Waals surface area contributed by atoms with Crippen LogP contribution in [0.2, 0.25) is 0 Å². The van der Waals surface area contributed by atoms with Gasteiger partial charge in [-0.2, -0.15) is 10.5 Å². The molecule has 0 atom stereocenters. The number of nitrogens with one attached hydrogen (secondary N) is 2. The van der Waals surface area contributed by atoms with E-state index in [9.17, 15) is 14.4 Å². The molecule has 4 amide bonds. The first-order chi connectivity index (χ1) is 16.7. The van der Waals surface area contributed by atoms with Crippen LogP contribution < -0.4 is 10.6 Å². The Kier molecular flexibility index (Phi) is 22.0. The molecule has 34 heavy (non-hydrogen) atoms. The van der Waals surface area contributed by atoms with Crippen LogP contribution in [0.25, 0.3) is 0 Å². The number of imide groups is 1. The quantitative estimate of drug-likeness (QED) is 0.110. The minimum atomic E-state index is -0.412. The van der Waals surface area contributed by atoms with Gasteiger partial charge in [-0.25, -0.2) is 24.3 Å². The molecule has 0 radical (unpaired) electrons. The molecule has 0 unspecified atom stereocenters. The summed E-state index contributed by atoms with van der Waals surface area (Å²) in [5, 5.41) is 22.3. The third-order valence-electron chi connectivity index (χ3n) is 4.98. The number of urea groups is 2. The van der Waals surface area contributed by atoms with Crippen LogP contribution in [0.1, 0.15) is 77.0 Å². The third-order valence-corrected chi connectivity index (χ3v) is 4.98. The van der Waals surface area contributed by atoms with E-state index < -0.39 is 12.1 Å². The van der Waals surface area contributed by atoms with Crippen molar-refractivity contribution in [1.82, 2.24) is 15.5 Å². The van der Waals surface area contributed by atoms with Gasteiger partial charge in [-0.3, -0.25) is 0 Å². The van der Waals surface area contributed by atoms with E-state index in [1.165, 1.54) is 11.0 Å². The van der Waals surface area contributed by atoms with E-state index in [1.54, 1.807) is 12.5 Å². The standard InChI is InChI=1S/C23H38N6O5/c24-19-33-17-11-5-2-8-14-27-22(31)29(16-10-4-1-7-13-26-21-30)23(32)28-15-9-3-6-12-18-34-20-25/h1-18H2,(H,27,31)(H,28,32). The summed E-state index contributed by atoms with van der Waals surface area (Å²) >= 11 is 0. The summed E-state index contributed by atoms with van der Waals surface area (Å²) in [5.74, 6) is 0. The number of rotatable bonds is 21. The number of amides is 4. The largest absolute Gasteiger partial charge is 0.428 e. The number of ether oxygens (including phenoxy) is 2. The first-order valence-electron chi connectivity index (χ1n) is 12.1. The molecule has 2 N–H and O–H groups in total. The number of hydrogen-bond donors (Lipinski definition) is 2. The summed E-state index contributed by atoms with van der Waals surface area (Å²) in [6.45, 7) is 2.51. The fourth-order valence-electron chi connectivity index (χ4n) is 3.13. The van der Waals surface area contributed by atoms with E-state index in [2.05, 4.69) is 25.1 Å². The van der Waals surface area contributed by atoms with Crippen molar-refractivity contribution in [3.05, 3.63) is 0 Å². The topological polar surface area (TPSA) is 157 Å². The van der Waals surface area contributed by atoms with E-state index in [-0.39, 0.29) is 0 Å². The van der Waals surface area contributed by atoms with Crippen molar-refractivity contribution in [2.45, 2.75) is 77.0 Å². The molecule has 0 aromatic rings. The molecule has 0 fully saturated rings. The molecule has 0 aliphatic carbocycles. The van der Waals surface area contributed by atoms with Gasteiger partial charge < -0.3 is 20.1 Å². The highest BCUT2D eigenvalue weighted by atomic mass is 16.5. The molecule has 0 saturated heterocycles. The maximum absolute atomic E-state index is 12.6. The van der Waals surface area contributed by atoms with Crippen LogP contribution in [0.15, 0.2) is 4.99 Å². The van der Waals surface area contributed by atoms with Gasteiger partial charge in [0.25, 0.3) is 12.5 Å². The molecule has 11 heteroatoms. The van der Waals surface area contributed by atoms with Gasteiger partial charge in [0.05, 0.1) is 6.54 Å². The van der Waals surface area contributed by atoms with E-state index in [4.69, 9.17) is 10.5 Å². The fourth-order valence-corrected chi connectivity index (χ4v) is 3.13. The summed E-state index contributed by atoms with van der Waals surface area (Å²) < 4.78 is 9.25. The highest BCUT2D eigenvalue weighted by Gasteiger charge is 2.20. The van der Waals surface area contributed by atoms with Gasteiger partial charge >= 0.3 is 12.1 Å². The van der Waals surface area contributed by atoms with Crippen LogP contribution in [-0.2, 0) is 14.3 Å². The Hall–Kier alpha value is -3.30. The average molecular weight is 479 g/mol. The van der Waals surface area contributed by atoms with Crippen LogP contribution in [0.3, 0.4) is 0 Å². The number of unbranched alkanes of at least 4 members (excludes halogenated alkanes) is 9. The molecule has 190 valence electrons. The molecule has 0 spiro atoms. The van der Waals surface area contributed by atoms with Crippen molar-refractivity contribution < 1.29 is 23.9 Å². The second kappa shape index (κ2) is 24.3. The van der Waals surface area contributed by atoms with Gasteiger partial charge in [-0.1, -0.05) is 25.7 Å². The fraction of sp³-hybridized carbons (Fsp3) is 0.783. The first-order valence-corrected chi connectivity index (χ1v) is 12.1. The number of hydrogen-bond acceptors (Lipinski definition) is 8. The van der Waals surface area contributed by atoms with Crippen LogP contribution >= 0.6 is 0 Å². The Bertz CT molecular complexity index is 628. The number of nitrogens with zero attached hydrogens (tertiary/aromatic N) is 4. The number of carbonyl (C=O) groups is 2. The van der Waals surface area contributed by atoms with Crippen molar-refractivity contribution in [3.8, 4) is 12.5 Å². The van der Waals surface area contributed by atoms with Crippen molar-refractivity contribution >= 4 is 18.1 Å². The highest BCUT2D eigenvalue weighted by Crippen LogP contribution is 2.05. The van der Waals surface area contributed by atoms with Gasteiger partial charge in [0.1, 0.15) is 13.2 Å². The molecule has 0 aromatic carbocycles. The lowest BCUT2D eigenvalue weighted by Crippen LogP contribution is -2.49. The predicted octanol–water partition coefficient (Wildman–Crippen LogP) is 3.72. The molecule has 0 aromatic heterocycles.